The Morgan fingerprint density at radius 3 is 2.54 bits per heavy atom. The molecule has 4 rings (SSSR count). The number of benzene rings is 1. The number of rotatable bonds is 5. The van der Waals surface area contributed by atoms with Crippen molar-refractivity contribution in [1.82, 2.24) is 19.3 Å². The van der Waals surface area contributed by atoms with Crippen molar-refractivity contribution >= 4 is 5.69 Å². The third-order valence-electron chi connectivity index (χ3n) is 4.88. The molecule has 0 amide bonds. The van der Waals surface area contributed by atoms with Gasteiger partial charge in [-0.15, -0.1) is 0 Å². The Labute approximate surface area is 152 Å². The van der Waals surface area contributed by atoms with Crippen LogP contribution >= 0.6 is 0 Å². The Morgan fingerprint density at radius 2 is 1.77 bits per heavy atom. The predicted octanol–water partition coefficient (Wildman–Crippen LogP) is 2.53. The molecule has 26 heavy (non-hydrogen) atoms. The van der Waals surface area contributed by atoms with Crippen LogP contribution in [0, 0.1) is 0 Å². The molecular weight excluding hydrogens is 326 g/mol. The van der Waals surface area contributed by atoms with Crippen LogP contribution < -0.4 is 10.5 Å². The molecular formula is C20H23N5O. The van der Waals surface area contributed by atoms with Gasteiger partial charge in [-0.1, -0.05) is 30.3 Å². The maximum Gasteiger partial charge on any atom is 0.269 e. The number of hydrogen-bond acceptors (Lipinski definition) is 4. The Morgan fingerprint density at radius 1 is 0.962 bits per heavy atom. The van der Waals surface area contributed by atoms with Crippen molar-refractivity contribution in [2.75, 3.05) is 18.0 Å². The number of aromatic nitrogens is 4. The van der Waals surface area contributed by atoms with E-state index in [1.165, 1.54) is 29.5 Å². The first-order chi connectivity index (χ1) is 12.8. The molecule has 6 heteroatoms. The summed E-state index contributed by atoms with van der Waals surface area (Å²) in [6.07, 6.45) is 9.05. The van der Waals surface area contributed by atoms with Gasteiger partial charge in [0, 0.05) is 25.7 Å². The zero-order valence-electron chi connectivity index (χ0n) is 14.8. The highest BCUT2D eigenvalue weighted by Crippen LogP contribution is 2.17. The summed E-state index contributed by atoms with van der Waals surface area (Å²) in [5.41, 5.74) is 3.03. The Balaban J connectivity index is 1.51. The van der Waals surface area contributed by atoms with Crippen molar-refractivity contribution in [1.29, 1.82) is 0 Å². The van der Waals surface area contributed by atoms with Crippen molar-refractivity contribution < 1.29 is 0 Å². The molecule has 2 aromatic heterocycles. The second kappa shape index (κ2) is 7.56. The standard InChI is InChI=1S/C20H23N5O/c26-20-11-18(23-9-5-2-6-10-23)13-22-25(20)15-19-12-21-16-24(19)14-17-7-3-1-4-8-17/h1,3-4,7-8,11-13,16H,2,5-6,9-10,14-15H2. The molecule has 0 unspecified atom stereocenters. The van der Waals surface area contributed by atoms with Crippen LogP contribution in [0.5, 0.6) is 0 Å². The molecule has 0 spiro atoms. The minimum Gasteiger partial charge on any atom is -0.370 e. The van der Waals surface area contributed by atoms with Gasteiger partial charge >= 0.3 is 0 Å². The van der Waals surface area contributed by atoms with Crippen molar-refractivity contribution in [2.45, 2.75) is 32.4 Å². The maximum atomic E-state index is 12.5. The quantitative estimate of drug-likeness (QED) is 0.710. The van der Waals surface area contributed by atoms with E-state index in [0.29, 0.717) is 6.54 Å². The van der Waals surface area contributed by atoms with Crippen LogP contribution in [0.1, 0.15) is 30.5 Å². The summed E-state index contributed by atoms with van der Waals surface area (Å²) in [5, 5.41) is 4.40. The molecule has 0 radical (unpaired) electrons. The second-order valence-corrected chi connectivity index (χ2v) is 6.76. The molecule has 0 N–H and O–H groups in total. The highest BCUT2D eigenvalue weighted by molar-refractivity contribution is 5.43. The molecule has 3 heterocycles. The van der Waals surface area contributed by atoms with Crippen molar-refractivity contribution in [3.63, 3.8) is 0 Å². The number of nitrogens with zero attached hydrogens (tertiary/aromatic N) is 5. The van der Waals surface area contributed by atoms with Crippen LogP contribution in [-0.4, -0.2) is 32.4 Å². The lowest BCUT2D eigenvalue weighted by molar-refractivity contribution is 0.567. The third kappa shape index (κ3) is 3.69. The lowest BCUT2D eigenvalue weighted by Crippen LogP contribution is -2.32. The maximum absolute atomic E-state index is 12.5. The van der Waals surface area contributed by atoms with Crippen molar-refractivity contribution in [3.8, 4) is 0 Å². The third-order valence-corrected chi connectivity index (χ3v) is 4.88. The summed E-state index contributed by atoms with van der Waals surface area (Å²) >= 11 is 0. The molecule has 3 aromatic rings. The molecule has 0 bridgehead atoms. The van der Waals surface area contributed by atoms with Gasteiger partial charge in [0.2, 0.25) is 0 Å². The number of hydrogen-bond donors (Lipinski definition) is 0. The van der Waals surface area contributed by atoms with Crippen LogP contribution in [-0.2, 0) is 13.1 Å². The van der Waals surface area contributed by atoms with E-state index >= 15 is 0 Å². The summed E-state index contributed by atoms with van der Waals surface area (Å²) in [5.74, 6) is 0. The fourth-order valence-corrected chi connectivity index (χ4v) is 3.42. The van der Waals surface area contributed by atoms with E-state index in [9.17, 15) is 4.79 Å². The molecule has 134 valence electrons. The van der Waals surface area contributed by atoms with Gasteiger partial charge < -0.3 is 9.47 Å². The lowest BCUT2D eigenvalue weighted by Gasteiger charge is -2.28. The van der Waals surface area contributed by atoms with E-state index in [0.717, 1.165) is 31.0 Å². The highest BCUT2D eigenvalue weighted by atomic mass is 16.1. The topological polar surface area (TPSA) is 56.0 Å². The fraction of sp³-hybridized carbons (Fsp3) is 0.350. The van der Waals surface area contributed by atoms with E-state index in [4.69, 9.17) is 0 Å². The SMILES string of the molecule is O=c1cc(N2CCCCC2)cnn1Cc1cncn1Cc1ccccc1. The van der Waals surface area contributed by atoms with Gasteiger partial charge in [0.25, 0.3) is 5.56 Å². The number of piperidine rings is 1. The summed E-state index contributed by atoms with van der Waals surface area (Å²) < 4.78 is 3.56. The molecule has 6 nitrogen and oxygen atoms in total. The summed E-state index contributed by atoms with van der Waals surface area (Å²) in [6.45, 7) is 3.17. The van der Waals surface area contributed by atoms with Crippen LogP contribution in [0.2, 0.25) is 0 Å². The van der Waals surface area contributed by atoms with Crippen LogP contribution in [0.3, 0.4) is 0 Å². The summed E-state index contributed by atoms with van der Waals surface area (Å²) in [6, 6.07) is 11.9. The van der Waals surface area contributed by atoms with Gasteiger partial charge in [0.15, 0.2) is 0 Å². The monoisotopic (exact) mass is 349 g/mol. The van der Waals surface area contributed by atoms with E-state index in [-0.39, 0.29) is 5.56 Å². The highest BCUT2D eigenvalue weighted by Gasteiger charge is 2.13. The van der Waals surface area contributed by atoms with E-state index in [1.54, 1.807) is 18.6 Å². The molecule has 0 aliphatic carbocycles. The summed E-state index contributed by atoms with van der Waals surface area (Å²) in [7, 11) is 0. The van der Waals surface area contributed by atoms with Gasteiger partial charge in [0.05, 0.1) is 36.6 Å². The molecule has 0 saturated carbocycles. The van der Waals surface area contributed by atoms with Crippen LogP contribution in [0.4, 0.5) is 5.69 Å². The Hall–Kier alpha value is -2.89. The minimum atomic E-state index is -0.0689. The van der Waals surface area contributed by atoms with Gasteiger partial charge in [-0.05, 0) is 24.8 Å². The van der Waals surface area contributed by atoms with E-state index in [2.05, 4.69) is 31.7 Å². The van der Waals surface area contributed by atoms with E-state index in [1.807, 2.05) is 24.4 Å². The van der Waals surface area contributed by atoms with Gasteiger partial charge in [-0.2, -0.15) is 5.10 Å². The van der Waals surface area contributed by atoms with Gasteiger partial charge in [-0.3, -0.25) is 4.79 Å². The Bertz CT molecular complexity index is 909. The number of imidazole rings is 1. The van der Waals surface area contributed by atoms with Gasteiger partial charge in [0.1, 0.15) is 0 Å². The number of anilines is 1. The summed E-state index contributed by atoms with van der Waals surface area (Å²) in [4.78, 5) is 19.0. The average Bonchev–Trinajstić information content (AvgIpc) is 3.11. The van der Waals surface area contributed by atoms with E-state index < -0.39 is 0 Å². The zero-order chi connectivity index (χ0) is 17.8. The van der Waals surface area contributed by atoms with Crippen LogP contribution in [0.25, 0.3) is 0 Å². The second-order valence-electron chi connectivity index (χ2n) is 6.76. The first-order valence-corrected chi connectivity index (χ1v) is 9.15. The molecule has 1 aliphatic heterocycles. The molecule has 1 fully saturated rings. The molecule has 0 atom stereocenters. The molecule has 1 aromatic carbocycles. The lowest BCUT2D eigenvalue weighted by atomic mass is 10.1. The average molecular weight is 349 g/mol. The van der Waals surface area contributed by atoms with Crippen LogP contribution in [0.15, 0.2) is 59.9 Å². The fourth-order valence-electron chi connectivity index (χ4n) is 3.42. The first kappa shape index (κ1) is 16.6. The van der Waals surface area contributed by atoms with Crippen molar-refractivity contribution in [2.24, 2.45) is 0 Å². The zero-order valence-corrected chi connectivity index (χ0v) is 14.8. The largest absolute Gasteiger partial charge is 0.370 e. The molecule has 1 saturated heterocycles. The van der Waals surface area contributed by atoms with Gasteiger partial charge in [-0.25, -0.2) is 9.67 Å². The predicted molar refractivity (Wildman–Crippen MR) is 101 cm³/mol. The first-order valence-electron chi connectivity index (χ1n) is 9.15. The Kier molecular flexibility index (Phi) is 4.82. The smallest absolute Gasteiger partial charge is 0.269 e. The van der Waals surface area contributed by atoms with Crippen molar-refractivity contribution in [3.05, 3.63) is 76.7 Å². The molecule has 1 aliphatic rings. The minimum absolute atomic E-state index is 0.0689. The normalized spacial score (nSPS) is 14.5.